The van der Waals surface area contributed by atoms with Crippen LogP contribution in [0.2, 0.25) is 5.02 Å². The zero-order valence-corrected chi connectivity index (χ0v) is 14.2. The summed E-state index contributed by atoms with van der Waals surface area (Å²) in [5.41, 5.74) is 0.566. The second kappa shape index (κ2) is 8.61. The highest BCUT2D eigenvalue weighted by molar-refractivity contribution is 6.30. The van der Waals surface area contributed by atoms with Crippen molar-refractivity contribution in [1.29, 1.82) is 0 Å². The van der Waals surface area contributed by atoms with Gasteiger partial charge in [-0.1, -0.05) is 37.1 Å². The molecule has 1 unspecified atom stereocenters. The third-order valence-electron chi connectivity index (χ3n) is 3.53. The molecule has 0 fully saturated rings. The summed E-state index contributed by atoms with van der Waals surface area (Å²) in [6.07, 6.45) is 0.891. The van der Waals surface area contributed by atoms with Gasteiger partial charge in [-0.3, -0.25) is 9.59 Å². The van der Waals surface area contributed by atoms with Crippen LogP contribution >= 0.6 is 11.6 Å². The second-order valence-corrected chi connectivity index (χ2v) is 5.85. The second-order valence-electron chi connectivity index (χ2n) is 5.41. The summed E-state index contributed by atoms with van der Waals surface area (Å²) in [4.78, 5) is 23.8. The summed E-state index contributed by atoms with van der Waals surface area (Å²) >= 11 is 5.80. The molecule has 1 atom stereocenters. The Balaban J connectivity index is 1.99. The van der Waals surface area contributed by atoms with Crippen LogP contribution in [0, 0.1) is 0 Å². The van der Waals surface area contributed by atoms with Gasteiger partial charge in [-0.15, -0.1) is 0 Å². The van der Waals surface area contributed by atoms with E-state index in [0.717, 1.165) is 12.8 Å². The number of aliphatic hydroxyl groups is 1. The zero-order chi connectivity index (χ0) is 17.5. The molecule has 0 saturated heterocycles. The van der Waals surface area contributed by atoms with E-state index in [0.29, 0.717) is 17.1 Å². The summed E-state index contributed by atoms with van der Waals surface area (Å²) in [7, 11) is 0. The summed E-state index contributed by atoms with van der Waals surface area (Å²) in [6, 6.07) is 9.45. The van der Waals surface area contributed by atoms with E-state index in [-0.39, 0.29) is 17.8 Å². The zero-order valence-electron chi connectivity index (χ0n) is 13.4. The fourth-order valence-electron chi connectivity index (χ4n) is 2.12. The number of unbranched alkanes of at least 4 members (excludes halogenated alkanes) is 1. The summed E-state index contributed by atoms with van der Waals surface area (Å²) in [5.74, 6) is -0.437. The number of nitrogens with zero attached hydrogens (tertiary/aromatic N) is 2. The van der Waals surface area contributed by atoms with Gasteiger partial charge in [0.2, 0.25) is 0 Å². The fourth-order valence-corrected chi connectivity index (χ4v) is 2.25. The highest BCUT2D eigenvalue weighted by Gasteiger charge is 2.13. The first-order valence-corrected chi connectivity index (χ1v) is 8.19. The Labute approximate surface area is 145 Å². The van der Waals surface area contributed by atoms with Crippen molar-refractivity contribution in [3.63, 3.8) is 0 Å². The minimum Gasteiger partial charge on any atom is -0.387 e. The van der Waals surface area contributed by atoms with Crippen molar-refractivity contribution in [2.45, 2.75) is 32.4 Å². The van der Waals surface area contributed by atoms with Gasteiger partial charge in [-0.25, -0.2) is 4.68 Å². The topological polar surface area (TPSA) is 84.2 Å². The molecule has 24 heavy (non-hydrogen) atoms. The van der Waals surface area contributed by atoms with E-state index in [1.807, 2.05) is 6.92 Å². The van der Waals surface area contributed by atoms with Crippen LogP contribution in [0.1, 0.15) is 41.9 Å². The highest BCUT2D eigenvalue weighted by atomic mass is 35.5. The Hall–Kier alpha value is -2.18. The number of aryl methyl sites for hydroxylation is 1. The van der Waals surface area contributed by atoms with E-state index in [1.165, 1.54) is 16.8 Å². The number of amides is 1. The first-order chi connectivity index (χ1) is 11.5. The third kappa shape index (κ3) is 4.91. The number of hydrogen-bond acceptors (Lipinski definition) is 4. The molecular weight excluding hydrogens is 330 g/mol. The molecule has 0 aliphatic carbocycles. The van der Waals surface area contributed by atoms with Gasteiger partial charge in [-0.2, -0.15) is 5.10 Å². The van der Waals surface area contributed by atoms with E-state index >= 15 is 0 Å². The number of halogens is 1. The molecule has 7 heteroatoms. The van der Waals surface area contributed by atoms with Crippen LogP contribution in [-0.4, -0.2) is 27.3 Å². The Morgan fingerprint density at radius 2 is 2.00 bits per heavy atom. The summed E-state index contributed by atoms with van der Waals surface area (Å²) in [6.45, 7) is 2.53. The molecule has 1 heterocycles. The van der Waals surface area contributed by atoms with Crippen LogP contribution in [0.15, 0.2) is 41.2 Å². The normalized spacial score (nSPS) is 12.0. The average molecular weight is 350 g/mol. The van der Waals surface area contributed by atoms with Gasteiger partial charge < -0.3 is 10.4 Å². The quantitative estimate of drug-likeness (QED) is 0.802. The van der Waals surface area contributed by atoms with E-state index < -0.39 is 12.0 Å². The van der Waals surface area contributed by atoms with Gasteiger partial charge in [0, 0.05) is 24.2 Å². The fraction of sp³-hybridized carbons (Fsp3) is 0.353. The van der Waals surface area contributed by atoms with Gasteiger partial charge in [0.25, 0.3) is 11.5 Å². The molecule has 0 aliphatic heterocycles. The number of aliphatic hydroxyl groups excluding tert-OH is 1. The van der Waals surface area contributed by atoms with Crippen LogP contribution in [0.4, 0.5) is 0 Å². The lowest BCUT2D eigenvalue weighted by molar-refractivity contribution is 0.0908. The monoisotopic (exact) mass is 349 g/mol. The first-order valence-electron chi connectivity index (χ1n) is 7.81. The van der Waals surface area contributed by atoms with Crippen molar-refractivity contribution in [2.75, 3.05) is 6.54 Å². The third-order valence-corrected chi connectivity index (χ3v) is 3.79. The molecule has 0 saturated carbocycles. The molecule has 128 valence electrons. The summed E-state index contributed by atoms with van der Waals surface area (Å²) in [5, 5.41) is 17.3. The maximum Gasteiger partial charge on any atom is 0.271 e. The van der Waals surface area contributed by atoms with Gasteiger partial charge in [0.15, 0.2) is 0 Å². The molecule has 1 aromatic carbocycles. The molecule has 6 nitrogen and oxygen atoms in total. The van der Waals surface area contributed by atoms with Crippen LogP contribution in [0.25, 0.3) is 0 Å². The smallest absolute Gasteiger partial charge is 0.271 e. The molecule has 0 bridgehead atoms. The van der Waals surface area contributed by atoms with Crippen LogP contribution in [-0.2, 0) is 6.54 Å². The predicted molar refractivity (Wildman–Crippen MR) is 92.2 cm³/mol. The van der Waals surface area contributed by atoms with Crippen LogP contribution in [0.3, 0.4) is 0 Å². The number of hydrogen-bond donors (Lipinski definition) is 2. The van der Waals surface area contributed by atoms with Crippen molar-refractivity contribution < 1.29 is 9.90 Å². The first kappa shape index (κ1) is 18.2. The maximum absolute atomic E-state index is 12.2. The maximum atomic E-state index is 12.2. The molecule has 2 rings (SSSR count). The minimum absolute atomic E-state index is 0.0379. The van der Waals surface area contributed by atoms with Crippen LogP contribution in [0.5, 0.6) is 0 Å². The highest BCUT2D eigenvalue weighted by Crippen LogP contribution is 2.15. The predicted octanol–water partition coefficient (Wildman–Crippen LogP) is 2.16. The minimum atomic E-state index is -0.850. The lowest BCUT2D eigenvalue weighted by atomic mass is 10.1. The Kier molecular flexibility index (Phi) is 6.52. The number of benzene rings is 1. The van der Waals surface area contributed by atoms with E-state index in [1.54, 1.807) is 24.3 Å². The Bertz CT molecular complexity index is 743. The molecule has 1 aromatic heterocycles. The SMILES string of the molecule is CCCCn1nc(C(=O)NCC(O)c2ccc(Cl)cc2)ccc1=O. The number of nitrogens with one attached hydrogen (secondary N) is 1. The number of rotatable bonds is 7. The van der Waals surface area contributed by atoms with Gasteiger partial charge in [-0.05, 0) is 30.2 Å². The van der Waals surface area contributed by atoms with Crippen molar-refractivity contribution in [2.24, 2.45) is 0 Å². The number of aromatic nitrogens is 2. The number of carbonyl (C=O) groups is 1. The van der Waals surface area contributed by atoms with Crippen molar-refractivity contribution in [3.05, 3.63) is 63.0 Å². The van der Waals surface area contributed by atoms with Crippen molar-refractivity contribution in [1.82, 2.24) is 15.1 Å². The largest absolute Gasteiger partial charge is 0.387 e. The standard InChI is InChI=1S/C17H20ClN3O3/c1-2-3-10-21-16(23)9-8-14(20-21)17(24)19-11-15(22)12-4-6-13(18)7-5-12/h4-9,15,22H,2-3,10-11H2,1H3,(H,19,24). The average Bonchev–Trinajstić information content (AvgIpc) is 2.59. The van der Waals surface area contributed by atoms with Gasteiger partial charge >= 0.3 is 0 Å². The molecule has 0 spiro atoms. The Morgan fingerprint density at radius 3 is 2.67 bits per heavy atom. The van der Waals surface area contributed by atoms with Crippen molar-refractivity contribution in [3.8, 4) is 0 Å². The van der Waals surface area contributed by atoms with Gasteiger partial charge in [0.05, 0.1) is 6.10 Å². The van der Waals surface area contributed by atoms with Crippen LogP contribution < -0.4 is 10.9 Å². The van der Waals surface area contributed by atoms with E-state index in [4.69, 9.17) is 11.6 Å². The lowest BCUT2D eigenvalue weighted by Crippen LogP contribution is -2.32. The Morgan fingerprint density at radius 1 is 1.29 bits per heavy atom. The number of carbonyl (C=O) groups excluding carboxylic acids is 1. The molecular formula is C17H20ClN3O3. The van der Waals surface area contributed by atoms with Gasteiger partial charge in [0.1, 0.15) is 5.69 Å². The molecule has 0 radical (unpaired) electrons. The van der Waals surface area contributed by atoms with E-state index in [9.17, 15) is 14.7 Å². The molecule has 0 aliphatic rings. The van der Waals surface area contributed by atoms with E-state index in [2.05, 4.69) is 10.4 Å². The summed E-state index contributed by atoms with van der Waals surface area (Å²) < 4.78 is 1.29. The molecule has 2 N–H and O–H groups in total. The molecule has 2 aromatic rings. The van der Waals surface area contributed by atoms with Crippen molar-refractivity contribution >= 4 is 17.5 Å². The molecule has 1 amide bonds. The lowest BCUT2D eigenvalue weighted by Gasteiger charge is -2.12.